The van der Waals surface area contributed by atoms with Crippen molar-refractivity contribution in [1.82, 2.24) is 9.99 Å². The third-order valence-electron chi connectivity index (χ3n) is 6.86. The van der Waals surface area contributed by atoms with Gasteiger partial charge >= 0.3 is 0 Å². The van der Waals surface area contributed by atoms with Crippen LogP contribution in [0.15, 0.2) is 76.7 Å². The van der Waals surface area contributed by atoms with E-state index >= 15 is 0 Å². The van der Waals surface area contributed by atoms with Gasteiger partial charge in [0.05, 0.1) is 38.1 Å². The largest absolute Gasteiger partial charge is 0.495 e. The number of hydrogen-bond acceptors (Lipinski definition) is 7. The van der Waals surface area contributed by atoms with E-state index in [-0.39, 0.29) is 27.1 Å². The van der Waals surface area contributed by atoms with Crippen molar-refractivity contribution in [2.45, 2.75) is 25.7 Å². The van der Waals surface area contributed by atoms with Crippen molar-refractivity contribution in [2.24, 2.45) is 5.10 Å². The average molecular weight is 625 g/mol. The van der Waals surface area contributed by atoms with Crippen LogP contribution in [0.4, 0.5) is 5.69 Å². The molecule has 12 heteroatoms. The van der Waals surface area contributed by atoms with Crippen LogP contribution in [0, 0.1) is 20.8 Å². The summed E-state index contributed by atoms with van der Waals surface area (Å²) in [6, 6.07) is 18.6. The van der Waals surface area contributed by atoms with Gasteiger partial charge in [-0.3, -0.25) is 9.10 Å². The molecule has 0 atom stereocenters. The van der Waals surface area contributed by atoms with Crippen LogP contribution in [0.5, 0.6) is 17.2 Å². The fraction of sp³-hybridized carbons (Fsp3) is 0.226. The second-order valence-corrected chi connectivity index (χ2v) is 11.9. The van der Waals surface area contributed by atoms with Gasteiger partial charge in [-0.05, 0) is 68.8 Å². The summed E-state index contributed by atoms with van der Waals surface area (Å²) in [5, 5.41) is 4.39. The zero-order valence-electron chi connectivity index (χ0n) is 24.7. The van der Waals surface area contributed by atoms with Crippen LogP contribution in [0.3, 0.4) is 0 Å². The van der Waals surface area contributed by atoms with Crippen LogP contribution in [0.1, 0.15) is 22.5 Å². The predicted molar refractivity (Wildman–Crippen MR) is 168 cm³/mol. The summed E-state index contributed by atoms with van der Waals surface area (Å²) in [6.07, 6.45) is 1.53. The molecule has 1 N–H and O–H groups in total. The Morgan fingerprint density at radius 3 is 2.28 bits per heavy atom. The molecule has 0 radical (unpaired) electrons. The second-order valence-electron chi connectivity index (χ2n) is 9.59. The molecule has 0 saturated carbocycles. The number of anilines is 1. The van der Waals surface area contributed by atoms with E-state index in [1.54, 1.807) is 6.07 Å². The number of aryl methyl sites for hydroxylation is 2. The van der Waals surface area contributed by atoms with E-state index in [4.69, 9.17) is 25.8 Å². The summed E-state index contributed by atoms with van der Waals surface area (Å²) < 4.78 is 46.9. The highest BCUT2D eigenvalue weighted by Gasteiger charge is 2.30. The molecule has 0 spiro atoms. The Labute approximate surface area is 256 Å². The first-order chi connectivity index (χ1) is 20.5. The lowest BCUT2D eigenvalue weighted by Gasteiger charge is -2.25. The van der Waals surface area contributed by atoms with Gasteiger partial charge in [-0.1, -0.05) is 29.8 Å². The summed E-state index contributed by atoms with van der Waals surface area (Å²) in [5.41, 5.74) is 7.43. The Bertz CT molecular complexity index is 1790. The molecule has 0 bridgehead atoms. The van der Waals surface area contributed by atoms with Gasteiger partial charge < -0.3 is 18.8 Å². The summed E-state index contributed by atoms with van der Waals surface area (Å²) in [5.74, 6) is 0.0737. The van der Waals surface area contributed by atoms with Crippen molar-refractivity contribution in [3.05, 3.63) is 94.3 Å². The Morgan fingerprint density at radius 1 is 0.930 bits per heavy atom. The minimum atomic E-state index is -4.33. The quantitative estimate of drug-likeness (QED) is 0.176. The molecule has 4 aromatic rings. The minimum Gasteiger partial charge on any atom is -0.495 e. The molecule has 226 valence electrons. The van der Waals surface area contributed by atoms with Gasteiger partial charge in [0, 0.05) is 33.7 Å². The number of hydrogen-bond donors (Lipinski definition) is 1. The van der Waals surface area contributed by atoms with Gasteiger partial charge in [0.15, 0.2) is 11.5 Å². The fourth-order valence-electron chi connectivity index (χ4n) is 4.70. The Kier molecular flexibility index (Phi) is 9.67. The summed E-state index contributed by atoms with van der Waals surface area (Å²) in [7, 11) is -0.0958. The average Bonchev–Trinajstić information content (AvgIpc) is 3.27. The molecule has 10 nitrogen and oxygen atoms in total. The van der Waals surface area contributed by atoms with Gasteiger partial charge in [0.25, 0.3) is 15.9 Å². The highest BCUT2D eigenvalue weighted by atomic mass is 35.5. The van der Waals surface area contributed by atoms with Crippen LogP contribution in [-0.4, -0.2) is 53.0 Å². The molecule has 0 fully saturated rings. The zero-order valence-corrected chi connectivity index (χ0v) is 26.3. The number of para-hydroxylation sites is 1. The number of amides is 1. The molecule has 4 rings (SSSR count). The molecule has 1 amide bonds. The van der Waals surface area contributed by atoms with Gasteiger partial charge in [-0.15, -0.1) is 0 Å². The smallest absolute Gasteiger partial charge is 0.265 e. The molecular formula is C31H33ClN4O6S. The summed E-state index contributed by atoms with van der Waals surface area (Å²) in [4.78, 5) is 13.0. The van der Waals surface area contributed by atoms with Crippen molar-refractivity contribution in [1.29, 1.82) is 0 Å². The molecule has 1 aromatic heterocycles. The summed E-state index contributed by atoms with van der Waals surface area (Å²) in [6.45, 7) is 5.38. The van der Waals surface area contributed by atoms with Crippen LogP contribution < -0.4 is 23.9 Å². The molecule has 3 aromatic carbocycles. The molecule has 43 heavy (non-hydrogen) atoms. The van der Waals surface area contributed by atoms with Gasteiger partial charge in [-0.2, -0.15) is 5.10 Å². The maximum Gasteiger partial charge on any atom is 0.265 e. The number of nitrogens with one attached hydrogen (secondary N) is 1. The predicted octanol–water partition coefficient (Wildman–Crippen LogP) is 5.43. The molecule has 0 unspecified atom stereocenters. The van der Waals surface area contributed by atoms with E-state index in [0.717, 1.165) is 32.5 Å². The number of hydrazone groups is 1. The number of carbonyl (C=O) groups excluding carboxylic acids is 1. The number of nitrogens with zero attached hydrogens (tertiary/aromatic N) is 3. The lowest BCUT2D eigenvalue weighted by atomic mass is 10.2. The Hall–Kier alpha value is -4.48. The minimum absolute atomic E-state index is 0.0747. The maximum absolute atomic E-state index is 14.0. The van der Waals surface area contributed by atoms with E-state index in [1.807, 2.05) is 51.1 Å². The number of carbonyl (C=O) groups is 1. The topological polar surface area (TPSA) is 111 Å². The second kappa shape index (κ2) is 13.2. The van der Waals surface area contributed by atoms with Crippen molar-refractivity contribution in [3.63, 3.8) is 0 Å². The lowest BCUT2D eigenvalue weighted by molar-refractivity contribution is -0.119. The Morgan fingerprint density at radius 2 is 1.60 bits per heavy atom. The first kappa shape index (κ1) is 31.5. The van der Waals surface area contributed by atoms with Crippen molar-refractivity contribution >= 4 is 39.4 Å². The first-order valence-electron chi connectivity index (χ1n) is 13.2. The number of rotatable bonds is 11. The van der Waals surface area contributed by atoms with Crippen LogP contribution in [-0.2, 0) is 14.8 Å². The third kappa shape index (κ3) is 6.63. The number of aromatic nitrogens is 1. The lowest BCUT2D eigenvalue weighted by Crippen LogP contribution is -2.39. The van der Waals surface area contributed by atoms with Gasteiger partial charge in [0.2, 0.25) is 0 Å². The number of halogens is 1. The van der Waals surface area contributed by atoms with Crippen LogP contribution in [0.25, 0.3) is 5.69 Å². The highest BCUT2D eigenvalue weighted by Crippen LogP contribution is 2.37. The fourth-order valence-corrected chi connectivity index (χ4v) is 6.31. The third-order valence-corrected chi connectivity index (χ3v) is 8.85. The van der Waals surface area contributed by atoms with Gasteiger partial charge in [-0.25, -0.2) is 13.8 Å². The standard InChI is InChI=1S/C31H33ClN4O6S/c1-20-9-7-8-10-26(20)36-21(2)15-23(22(36)3)18-33-34-31(37)19-35(27-16-24(32)11-13-28(27)40-4)43(38,39)25-12-14-29(41-5)30(17-25)42-6/h7-18H,19H2,1-6H3,(H,34,37)/b33-18-. The molecule has 1 heterocycles. The first-order valence-corrected chi connectivity index (χ1v) is 15.0. The van der Waals surface area contributed by atoms with E-state index < -0.39 is 22.5 Å². The van der Waals surface area contributed by atoms with Crippen LogP contribution in [0.2, 0.25) is 5.02 Å². The SMILES string of the molecule is COc1ccc(S(=O)(=O)N(CC(=O)N/N=C\c2cc(C)n(-c3ccccc3C)c2C)c2cc(Cl)ccc2OC)cc1OC. The zero-order chi connectivity index (χ0) is 31.3. The van der Waals surface area contributed by atoms with Crippen molar-refractivity contribution in [2.75, 3.05) is 32.2 Å². The molecule has 0 aliphatic rings. The maximum atomic E-state index is 14.0. The van der Waals surface area contributed by atoms with E-state index in [1.165, 1.54) is 57.9 Å². The molecular weight excluding hydrogens is 592 g/mol. The van der Waals surface area contributed by atoms with Gasteiger partial charge in [0.1, 0.15) is 12.3 Å². The number of benzene rings is 3. The highest BCUT2D eigenvalue weighted by molar-refractivity contribution is 7.92. The van der Waals surface area contributed by atoms with Crippen molar-refractivity contribution in [3.8, 4) is 22.9 Å². The van der Waals surface area contributed by atoms with Crippen molar-refractivity contribution < 1.29 is 27.4 Å². The van der Waals surface area contributed by atoms with E-state index in [2.05, 4.69) is 15.1 Å². The summed E-state index contributed by atoms with van der Waals surface area (Å²) >= 11 is 6.23. The molecule has 0 saturated heterocycles. The number of sulfonamides is 1. The monoisotopic (exact) mass is 624 g/mol. The number of ether oxygens (including phenoxy) is 3. The Balaban J connectivity index is 1.65. The van der Waals surface area contributed by atoms with Crippen LogP contribution >= 0.6 is 11.6 Å². The van der Waals surface area contributed by atoms with E-state index in [9.17, 15) is 13.2 Å². The van der Waals surface area contributed by atoms with E-state index in [0.29, 0.717) is 5.75 Å². The normalized spacial score (nSPS) is 11.4. The number of methoxy groups -OCH3 is 3. The molecule has 0 aliphatic heterocycles. The molecule has 0 aliphatic carbocycles.